The molecule has 0 radical (unpaired) electrons. The minimum absolute atomic E-state index is 0.138. The number of nitrogens with one attached hydrogen (secondary N) is 2. The van der Waals surface area contributed by atoms with E-state index in [0.29, 0.717) is 85.6 Å². The summed E-state index contributed by atoms with van der Waals surface area (Å²) in [5.41, 5.74) is 0. The molecule has 546 valence electrons. The molecular weight excluding hydrogens is 1770 g/mol. The van der Waals surface area contributed by atoms with Crippen LogP contribution in [0.5, 0.6) is 0 Å². The molecule has 3 aliphatic heterocycles. The molecule has 0 atom stereocenters. The molecule has 29 heteroatoms. The van der Waals surface area contributed by atoms with E-state index in [1.54, 1.807) is 148 Å². The maximum Gasteiger partial charge on any atom is 0.243 e. The first kappa shape index (κ1) is 84.0. The van der Waals surface area contributed by atoms with Crippen molar-refractivity contribution in [2.24, 2.45) is 17.8 Å². The first-order chi connectivity index (χ1) is 46.9. The summed E-state index contributed by atoms with van der Waals surface area (Å²) in [6.07, 6.45) is 21.8. The largest absolute Gasteiger partial charge is 0.306 e. The molecule has 3 saturated heterocycles. The second kappa shape index (κ2) is 40.4. The summed E-state index contributed by atoms with van der Waals surface area (Å²) in [7, 11) is -17.3. The number of benzene rings is 6. The summed E-state index contributed by atoms with van der Waals surface area (Å²) in [6.45, 7) is 5.17. The van der Waals surface area contributed by atoms with Crippen molar-refractivity contribution in [3.63, 3.8) is 0 Å². The molecular formula is C70H91Br6N5O12S6. The number of piperidine rings is 2. The van der Waals surface area contributed by atoms with Crippen molar-refractivity contribution >= 4 is 155 Å². The number of sulfone groups is 2. The lowest BCUT2D eigenvalue weighted by atomic mass is 9.90. The zero-order chi connectivity index (χ0) is 71.9. The number of hydrogen-bond acceptors (Lipinski definition) is 13. The van der Waals surface area contributed by atoms with E-state index in [4.69, 9.17) is 0 Å². The highest BCUT2D eigenvalue weighted by Crippen LogP contribution is 2.31. The van der Waals surface area contributed by atoms with Crippen LogP contribution < -0.4 is 9.44 Å². The molecule has 99 heavy (non-hydrogen) atoms. The van der Waals surface area contributed by atoms with Crippen molar-refractivity contribution in [2.45, 2.75) is 164 Å². The highest BCUT2D eigenvalue weighted by atomic mass is 79.9. The van der Waals surface area contributed by atoms with Crippen molar-refractivity contribution in [2.75, 3.05) is 64.4 Å². The van der Waals surface area contributed by atoms with Gasteiger partial charge in [-0.3, -0.25) is 0 Å². The maximum atomic E-state index is 12.3. The lowest BCUT2D eigenvalue weighted by molar-refractivity contribution is 0.231. The molecule has 0 aromatic heterocycles. The number of likely N-dealkylation sites (tertiary alicyclic amines) is 1. The van der Waals surface area contributed by atoms with Crippen LogP contribution in [0.3, 0.4) is 0 Å². The van der Waals surface area contributed by atoms with Gasteiger partial charge in [-0.2, -0.15) is 8.61 Å². The molecule has 6 aliphatic rings. The van der Waals surface area contributed by atoms with Gasteiger partial charge in [0.25, 0.3) is 0 Å². The Balaban J connectivity index is 0.000000167. The Morgan fingerprint density at radius 3 is 1.07 bits per heavy atom. The summed E-state index contributed by atoms with van der Waals surface area (Å²) >= 11 is 19.8. The third-order valence-corrected chi connectivity index (χ3v) is 31.8. The second-order valence-corrected chi connectivity index (χ2v) is 42.6. The summed E-state index contributed by atoms with van der Waals surface area (Å²) in [4.78, 5) is 4.56. The van der Waals surface area contributed by atoms with E-state index < -0.39 is 59.8 Å². The van der Waals surface area contributed by atoms with E-state index in [1.165, 1.54) is 38.5 Å². The van der Waals surface area contributed by atoms with E-state index >= 15 is 0 Å². The zero-order valence-electron chi connectivity index (χ0n) is 55.6. The molecule has 0 bridgehead atoms. The van der Waals surface area contributed by atoms with Gasteiger partial charge in [-0.05, 0) is 254 Å². The Labute approximate surface area is 640 Å². The van der Waals surface area contributed by atoms with Gasteiger partial charge in [0.2, 0.25) is 40.1 Å². The van der Waals surface area contributed by atoms with Crippen LogP contribution in [0.25, 0.3) is 0 Å². The maximum absolute atomic E-state index is 12.3. The van der Waals surface area contributed by atoms with E-state index in [9.17, 15) is 50.5 Å². The summed E-state index contributed by atoms with van der Waals surface area (Å²) in [5, 5.41) is 0. The molecule has 6 aromatic rings. The fourth-order valence-electron chi connectivity index (χ4n) is 12.0. The monoisotopic (exact) mass is 1860 g/mol. The highest BCUT2D eigenvalue weighted by Gasteiger charge is 2.30. The first-order valence-corrected chi connectivity index (χ1v) is 47.5. The Kier molecular flexibility index (Phi) is 34.3. The second-order valence-electron chi connectivity index (χ2n) is 25.7. The predicted molar refractivity (Wildman–Crippen MR) is 416 cm³/mol. The minimum Gasteiger partial charge on any atom is -0.306 e. The van der Waals surface area contributed by atoms with E-state index in [-0.39, 0.29) is 11.8 Å². The van der Waals surface area contributed by atoms with Crippen LogP contribution in [0.4, 0.5) is 0 Å². The van der Waals surface area contributed by atoms with Gasteiger partial charge in [0.05, 0.1) is 40.9 Å². The van der Waals surface area contributed by atoms with E-state index in [1.807, 2.05) is 6.07 Å². The summed E-state index contributed by atoms with van der Waals surface area (Å²) < 4.78 is 159. The van der Waals surface area contributed by atoms with Gasteiger partial charge in [-0.25, -0.2) is 60.0 Å². The fraction of sp³-hybridized carbons (Fsp3) is 0.486. The van der Waals surface area contributed by atoms with Gasteiger partial charge in [-0.15, -0.1) is 0 Å². The molecule has 6 fully saturated rings. The molecule has 3 aliphatic carbocycles. The van der Waals surface area contributed by atoms with Gasteiger partial charge in [0.15, 0.2) is 19.7 Å². The number of nitrogens with zero attached hydrogens (tertiary/aromatic N) is 3. The number of halogens is 6. The van der Waals surface area contributed by atoms with Crippen molar-refractivity contribution in [3.8, 4) is 0 Å². The molecule has 0 amide bonds. The van der Waals surface area contributed by atoms with Crippen LogP contribution >= 0.6 is 95.6 Å². The zero-order valence-corrected chi connectivity index (χ0v) is 70.0. The van der Waals surface area contributed by atoms with Crippen molar-refractivity contribution in [1.82, 2.24) is 23.0 Å². The molecule has 3 heterocycles. The van der Waals surface area contributed by atoms with Crippen molar-refractivity contribution < 1.29 is 50.5 Å². The van der Waals surface area contributed by atoms with Crippen LogP contribution in [0, 0.1) is 17.8 Å². The predicted octanol–water partition coefficient (Wildman–Crippen LogP) is 16.8. The SMILES string of the molecule is CN1CCC(CS(=O)(=O)c2ccc(Br)cc2)CC1.O=S(=O)(CC1CCCCC1)c1cccc(Br)c1.O=S(=O)(NC1CCC1)c1ccc(Br)cc1.O=S(=O)(NCC1CCCCC1)c1ccc(Br)cc1.O=S(=O)(c1ccc(Br)cc1)N1CCCC1.O=S(=O)(c1ccc(Br)cc1)N1CCCCC1. The Morgan fingerprint density at radius 1 is 0.333 bits per heavy atom. The van der Waals surface area contributed by atoms with Crippen LogP contribution in [0.2, 0.25) is 0 Å². The van der Waals surface area contributed by atoms with Gasteiger partial charge < -0.3 is 4.90 Å². The Hall–Kier alpha value is -2.30. The molecule has 12 rings (SSSR count). The lowest BCUT2D eigenvalue weighted by Gasteiger charge is -2.28. The first-order valence-electron chi connectivity index (χ1n) is 33.6. The fourth-order valence-corrected chi connectivity index (χ4v) is 22.7. The van der Waals surface area contributed by atoms with Crippen molar-refractivity contribution in [1.29, 1.82) is 0 Å². The van der Waals surface area contributed by atoms with Crippen LogP contribution in [0.15, 0.2) is 202 Å². The van der Waals surface area contributed by atoms with Crippen LogP contribution in [0.1, 0.15) is 128 Å². The topological polar surface area (TPSA) is 239 Å². The van der Waals surface area contributed by atoms with Gasteiger partial charge in [0.1, 0.15) is 0 Å². The Morgan fingerprint density at radius 2 is 0.677 bits per heavy atom. The Bertz CT molecular complexity index is 4180. The highest BCUT2D eigenvalue weighted by molar-refractivity contribution is 9.11. The van der Waals surface area contributed by atoms with E-state index in [0.717, 1.165) is 130 Å². The molecule has 0 spiro atoms. The average Bonchev–Trinajstić information content (AvgIpc) is 1.77. The quantitative estimate of drug-likeness (QED) is 0.0865. The average molecular weight is 1870 g/mol. The summed E-state index contributed by atoms with van der Waals surface area (Å²) in [6, 6.07) is 41.0. The van der Waals surface area contributed by atoms with Crippen LogP contribution in [-0.4, -0.2) is 134 Å². The lowest BCUT2D eigenvalue weighted by Crippen LogP contribution is -2.39. The molecule has 3 saturated carbocycles. The molecule has 6 aromatic carbocycles. The minimum atomic E-state index is -3.35. The van der Waals surface area contributed by atoms with Gasteiger partial charge >= 0.3 is 0 Å². The van der Waals surface area contributed by atoms with Gasteiger partial charge in [-0.1, -0.05) is 153 Å². The smallest absolute Gasteiger partial charge is 0.243 e. The molecule has 17 nitrogen and oxygen atoms in total. The third-order valence-electron chi connectivity index (χ3n) is 18.0. The van der Waals surface area contributed by atoms with Crippen molar-refractivity contribution in [3.05, 3.63) is 172 Å². The number of rotatable bonds is 17. The molecule has 0 unspecified atom stereocenters. The number of hydrogen-bond donors (Lipinski definition) is 2. The van der Waals surface area contributed by atoms with E-state index in [2.05, 4.69) is 117 Å². The normalized spacial score (nSPS) is 18.2. The standard InChI is InChI=1S/2C13H18BrNO2S.C13H17BrO2S.C11H14BrNO2S.2C10H12BrNO2S/c1-15-8-6-11(7-9-15)10-18(16,17)13-4-2-12(14)3-5-13;14-12-6-8-13(9-7-12)18(16,17)15-10-11-4-2-1-3-5-11;14-12-7-4-8-13(9-12)17(15,16)10-11-5-2-1-3-6-11;12-10-4-6-11(7-5-10)16(14,15)13-8-2-1-3-9-13;11-9-3-5-10(6-4-9)15(13,14)12-7-1-2-8-12;11-8-4-6-10(7-5-8)15(13,14)12-9-2-1-3-9/h2-5,11H,6-10H2,1H3;6-9,11,15H,1-5,10H2;4,7-9,11H,1-3,5-6,10H2;4-7H,1-3,8-9H2;3-6H,1-2,7-8H2;4-7,9,12H,1-3H2. The van der Waals surface area contributed by atoms with Crippen LogP contribution in [-0.2, 0) is 59.8 Å². The number of sulfonamides is 4. The molecule has 2 N–H and O–H groups in total. The third kappa shape index (κ3) is 27.8. The van der Waals surface area contributed by atoms with Gasteiger partial charge in [0, 0.05) is 65.6 Å². The summed E-state index contributed by atoms with van der Waals surface area (Å²) in [5.74, 6) is 1.75.